The minimum Gasteiger partial charge on any atom is -0.475 e. The second kappa shape index (κ2) is 7.12. The van der Waals surface area contributed by atoms with E-state index >= 15 is 0 Å². The molecule has 124 valence electrons. The molecule has 0 radical (unpaired) electrons. The lowest BCUT2D eigenvalue weighted by atomic mass is 10.2. The molecule has 3 rings (SSSR count). The van der Waals surface area contributed by atoms with Gasteiger partial charge in [-0.25, -0.2) is 14.6 Å². The van der Waals surface area contributed by atoms with Gasteiger partial charge in [0.25, 0.3) is 0 Å². The molecule has 0 bridgehead atoms. The fraction of sp³-hybridized carbons (Fsp3) is 0.278. The third-order valence-corrected chi connectivity index (χ3v) is 3.81. The van der Waals surface area contributed by atoms with Gasteiger partial charge < -0.3 is 10.1 Å². The largest absolute Gasteiger partial charge is 0.475 e. The molecule has 0 spiro atoms. The van der Waals surface area contributed by atoms with Gasteiger partial charge in [-0.1, -0.05) is 18.2 Å². The van der Waals surface area contributed by atoms with Gasteiger partial charge in [-0.15, -0.1) is 0 Å². The third-order valence-electron chi connectivity index (χ3n) is 3.81. The average molecular weight is 323 g/mol. The van der Waals surface area contributed by atoms with Crippen molar-refractivity contribution in [3.8, 4) is 11.6 Å². The van der Waals surface area contributed by atoms with Crippen LogP contribution < -0.4 is 10.1 Å². The molecule has 0 aliphatic rings. The van der Waals surface area contributed by atoms with Crippen LogP contribution >= 0.6 is 0 Å². The van der Waals surface area contributed by atoms with Crippen LogP contribution in [0, 0.1) is 13.8 Å². The topological polar surface area (TPSA) is 64.9 Å². The lowest BCUT2D eigenvalue weighted by Crippen LogP contribution is -2.25. The van der Waals surface area contributed by atoms with Crippen molar-refractivity contribution in [1.82, 2.24) is 19.7 Å². The number of aryl methyl sites for hydroxylation is 1. The summed E-state index contributed by atoms with van der Waals surface area (Å²) in [6, 6.07) is 11.9. The minimum absolute atomic E-state index is 0.0946. The van der Waals surface area contributed by atoms with Crippen molar-refractivity contribution in [2.24, 2.45) is 0 Å². The first-order valence-electron chi connectivity index (χ1n) is 7.92. The predicted molar refractivity (Wildman–Crippen MR) is 93.6 cm³/mol. The van der Waals surface area contributed by atoms with Crippen LogP contribution in [0.2, 0.25) is 0 Å². The maximum Gasteiger partial charge on any atom is 0.216 e. The van der Waals surface area contributed by atoms with Gasteiger partial charge >= 0.3 is 0 Å². The van der Waals surface area contributed by atoms with Crippen LogP contribution in [0.1, 0.15) is 18.2 Å². The molecular formula is C18H21N5O. The van der Waals surface area contributed by atoms with Crippen molar-refractivity contribution >= 4 is 5.82 Å². The zero-order chi connectivity index (χ0) is 16.9. The van der Waals surface area contributed by atoms with Crippen LogP contribution in [0.3, 0.4) is 0 Å². The Labute approximate surface area is 141 Å². The standard InChI is InChI=1S/C18H21N5O/c1-13(22-18-14(2)15(3)19-12-20-18)11-24-17-9-10-21-23(17)16-7-5-4-6-8-16/h4-10,12-13H,11H2,1-3H3,(H,19,20,22). The van der Waals surface area contributed by atoms with Crippen molar-refractivity contribution in [3.63, 3.8) is 0 Å². The lowest BCUT2D eigenvalue weighted by Gasteiger charge is -2.17. The Hall–Kier alpha value is -2.89. The number of benzene rings is 1. The van der Waals surface area contributed by atoms with E-state index in [0.717, 1.165) is 22.8 Å². The summed E-state index contributed by atoms with van der Waals surface area (Å²) in [5.74, 6) is 1.56. The van der Waals surface area contributed by atoms with Crippen LogP contribution in [-0.4, -0.2) is 32.4 Å². The monoisotopic (exact) mass is 323 g/mol. The Morgan fingerprint density at radius 2 is 1.92 bits per heavy atom. The van der Waals surface area contributed by atoms with Crippen molar-refractivity contribution in [3.05, 3.63) is 60.2 Å². The summed E-state index contributed by atoms with van der Waals surface area (Å²) < 4.78 is 7.71. The molecule has 3 aromatic rings. The van der Waals surface area contributed by atoms with Gasteiger partial charge in [0.2, 0.25) is 5.88 Å². The molecular weight excluding hydrogens is 302 g/mol. The maximum atomic E-state index is 5.93. The molecule has 0 aliphatic heterocycles. The van der Waals surface area contributed by atoms with Crippen LogP contribution in [0.25, 0.3) is 5.69 Å². The highest BCUT2D eigenvalue weighted by atomic mass is 16.5. The van der Waals surface area contributed by atoms with E-state index in [-0.39, 0.29) is 6.04 Å². The van der Waals surface area contributed by atoms with Crippen LogP contribution in [-0.2, 0) is 0 Å². The number of hydrogen-bond acceptors (Lipinski definition) is 5. The normalized spacial score (nSPS) is 12.0. The van der Waals surface area contributed by atoms with Crippen LogP contribution in [0.15, 0.2) is 48.9 Å². The van der Waals surface area contributed by atoms with E-state index in [1.807, 2.05) is 50.2 Å². The van der Waals surface area contributed by atoms with E-state index in [2.05, 4.69) is 27.3 Å². The van der Waals surface area contributed by atoms with Gasteiger partial charge in [-0.05, 0) is 32.9 Å². The van der Waals surface area contributed by atoms with Gasteiger partial charge in [-0.2, -0.15) is 5.10 Å². The molecule has 2 heterocycles. The van der Waals surface area contributed by atoms with E-state index in [4.69, 9.17) is 4.74 Å². The molecule has 2 aromatic heterocycles. The van der Waals surface area contributed by atoms with Crippen molar-refractivity contribution in [1.29, 1.82) is 0 Å². The van der Waals surface area contributed by atoms with Gasteiger partial charge in [0.05, 0.1) is 17.9 Å². The highest BCUT2D eigenvalue weighted by molar-refractivity contribution is 5.45. The number of nitrogens with zero attached hydrogens (tertiary/aromatic N) is 4. The summed E-state index contributed by atoms with van der Waals surface area (Å²) in [6.07, 6.45) is 3.31. The van der Waals surface area contributed by atoms with E-state index in [0.29, 0.717) is 12.5 Å². The quantitative estimate of drug-likeness (QED) is 0.755. The molecule has 0 saturated carbocycles. The summed E-state index contributed by atoms with van der Waals surface area (Å²) >= 11 is 0. The fourth-order valence-electron chi connectivity index (χ4n) is 2.33. The van der Waals surface area contributed by atoms with E-state index < -0.39 is 0 Å². The van der Waals surface area contributed by atoms with Crippen molar-refractivity contribution in [2.75, 3.05) is 11.9 Å². The number of para-hydroxylation sites is 1. The van der Waals surface area contributed by atoms with Gasteiger partial charge in [0.1, 0.15) is 18.8 Å². The van der Waals surface area contributed by atoms with E-state index in [1.54, 1.807) is 17.2 Å². The number of aromatic nitrogens is 4. The second-order valence-corrected chi connectivity index (χ2v) is 5.71. The predicted octanol–water partition coefficient (Wildman–Crippen LogP) is 3.16. The molecule has 6 nitrogen and oxygen atoms in total. The zero-order valence-electron chi connectivity index (χ0n) is 14.1. The molecule has 1 aromatic carbocycles. The number of nitrogens with one attached hydrogen (secondary N) is 1. The summed E-state index contributed by atoms with van der Waals surface area (Å²) in [6.45, 7) is 6.54. The van der Waals surface area contributed by atoms with Crippen molar-refractivity contribution < 1.29 is 4.74 Å². The first-order chi connectivity index (χ1) is 11.6. The maximum absolute atomic E-state index is 5.93. The van der Waals surface area contributed by atoms with Gasteiger partial charge in [0, 0.05) is 17.3 Å². The lowest BCUT2D eigenvalue weighted by molar-refractivity contribution is 0.284. The number of rotatable bonds is 6. The fourth-order valence-corrected chi connectivity index (χ4v) is 2.33. The molecule has 24 heavy (non-hydrogen) atoms. The van der Waals surface area contributed by atoms with Gasteiger partial charge in [-0.3, -0.25) is 0 Å². The molecule has 0 aliphatic carbocycles. The van der Waals surface area contributed by atoms with Crippen LogP contribution in [0.4, 0.5) is 5.82 Å². The van der Waals surface area contributed by atoms with Gasteiger partial charge in [0.15, 0.2) is 0 Å². The number of ether oxygens (including phenoxy) is 1. The SMILES string of the molecule is Cc1ncnc(NC(C)COc2ccnn2-c2ccccc2)c1C. The summed E-state index contributed by atoms with van der Waals surface area (Å²) in [5, 5.41) is 7.69. The Morgan fingerprint density at radius 1 is 1.12 bits per heavy atom. The Morgan fingerprint density at radius 3 is 2.71 bits per heavy atom. The zero-order valence-corrected chi connectivity index (χ0v) is 14.1. The first-order valence-corrected chi connectivity index (χ1v) is 7.92. The number of anilines is 1. The summed E-state index contributed by atoms with van der Waals surface area (Å²) in [4.78, 5) is 8.48. The van der Waals surface area contributed by atoms with E-state index in [9.17, 15) is 0 Å². The molecule has 1 unspecified atom stereocenters. The van der Waals surface area contributed by atoms with Crippen molar-refractivity contribution in [2.45, 2.75) is 26.8 Å². The van der Waals surface area contributed by atoms with E-state index in [1.165, 1.54) is 0 Å². The molecule has 1 N–H and O–H groups in total. The second-order valence-electron chi connectivity index (χ2n) is 5.71. The first kappa shape index (κ1) is 16.0. The summed E-state index contributed by atoms with van der Waals surface area (Å²) in [7, 11) is 0. The average Bonchev–Trinajstić information content (AvgIpc) is 3.06. The molecule has 6 heteroatoms. The molecule has 0 fully saturated rings. The number of hydrogen-bond donors (Lipinski definition) is 1. The minimum atomic E-state index is 0.0946. The highest BCUT2D eigenvalue weighted by Gasteiger charge is 2.11. The molecule has 0 amide bonds. The Bertz CT molecular complexity index is 800. The summed E-state index contributed by atoms with van der Waals surface area (Å²) in [5.41, 5.74) is 3.00. The highest BCUT2D eigenvalue weighted by Crippen LogP contribution is 2.18. The molecule has 0 saturated heterocycles. The Balaban J connectivity index is 1.64. The van der Waals surface area contributed by atoms with Crippen LogP contribution in [0.5, 0.6) is 5.88 Å². The smallest absolute Gasteiger partial charge is 0.216 e. The Kier molecular flexibility index (Phi) is 4.74. The molecule has 1 atom stereocenters. The third kappa shape index (κ3) is 3.53.